The van der Waals surface area contributed by atoms with E-state index in [1.807, 2.05) is 32.8 Å². The Bertz CT molecular complexity index is 869. The highest BCUT2D eigenvalue weighted by atomic mass is 35.5. The molecule has 0 amide bonds. The molecular formula is C19H24Cl2N2O3S. The third-order valence-electron chi connectivity index (χ3n) is 3.70. The zero-order chi connectivity index (χ0) is 20.2. The molecule has 2 aromatic carbocycles. The minimum atomic E-state index is -3.73. The number of ether oxygens (including phenoxy) is 1. The van der Waals surface area contributed by atoms with E-state index in [1.54, 1.807) is 30.3 Å². The molecule has 0 aliphatic heterocycles. The number of rotatable bonds is 8. The molecule has 0 bridgehead atoms. The summed E-state index contributed by atoms with van der Waals surface area (Å²) in [5.74, 6) is 0.623. The van der Waals surface area contributed by atoms with Gasteiger partial charge in [-0.1, -0.05) is 29.3 Å². The van der Waals surface area contributed by atoms with Crippen LogP contribution in [0.1, 0.15) is 25.5 Å². The van der Waals surface area contributed by atoms with Crippen molar-refractivity contribution in [2.45, 2.75) is 30.9 Å². The summed E-state index contributed by atoms with van der Waals surface area (Å²) in [5.41, 5.74) is 0.737. The molecule has 0 aliphatic carbocycles. The Morgan fingerprint density at radius 2 is 1.67 bits per heavy atom. The lowest BCUT2D eigenvalue weighted by Crippen LogP contribution is -2.35. The van der Waals surface area contributed by atoms with Crippen molar-refractivity contribution in [3.63, 3.8) is 0 Å². The highest BCUT2D eigenvalue weighted by Crippen LogP contribution is 2.27. The molecule has 0 unspecified atom stereocenters. The molecular weight excluding hydrogens is 407 g/mol. The van der Waals surface area contributed by atoms with Gasteiger partial charge in [0, 0.05) is 6.54 Å². The van der Waals surface area contributed by atoms with Crippen molar-refractivity contribution < 1.29 is 13.2 Å². The van der Waals surface area contributed by atoms with Crippen molar-refractivity contribution in [1.29, 1.82) is 0 Å². The number of sulfonamides is 1. The summed E-state index contributed by atoms with van der Waals surface area (Å²) in [6.45, 7) is 4.29. The van der Waals surface area contributed by atoms with E-state index >= 15 is 0 Å². The highest BCUT2D eigenvalue weighted by Gasteiger charge is 2.23. The Labute approximate surface area is 171 Å². The van der Waals surface area contributed by atoms with E-state index in [0.717, 1.165) is 5.56 Å². The molecule has 1 atom stereocenters. The minimum Gasteiger partial charge on any atom is -0.491 e. The SMILES string of the molecule is CC(C)Oc1ccc(S(=O)(=O)N[C@H](CN(C)C)c2ccc(Cl)c(Cl)c2)cc1. The summed E-state index contributed by atoms with van der Waals surface area (Å²) < 4.78 is 34.0. The molecule has 0 aromatic heterocycles. The summed E-state index contributed by atoms with van der Waals surface area (Å²) in [5, 5.41) is 0.805. The summed E-state index contributed by atoms with van der Waals surface area (Å²) in [6.07, 6.45) is 0.0182. The first-order valence-electron chi connectivity index (χ1n) is 8.47. The van der Waals surface area contributed by atoms with Crippen molar-refractivity contribution in [2.24, 2.45) is 0 Å². The number of hydrogen-bond donors (Lipinski definition) is 1. The molecule has 8 heteroatoms. The maximum absolute atomic E-state index is 12.9. The zero-order valence-corrected chi connectivity index (χ0v) is 18.1. The standard InChI is InChI=1S/C19H24Cl2N2O3S/c1-13(2)26-15-6-8-16(9-7-15)27(24,25)22-19(12-23(3)4)14-5-10-17(20)18(21)11-14/h5-11,13,19,22H,12H2,1-4H3/t19-/m1/s1. The van der Waals surface area contributed by atoms with Gasteiger partial charge >= 0.3 is 0 Å². The lowest BCUT2D eigenvalue weighted by molar-refractivity contribution is 0.242. The fraction of sp³-hybridized carbons (Fsp3) is 0.368. The summed E-state index contributed by atoms with van der Waals surface area (Å²) in [7, 11) is 0.0140. The number of benzene rings is 2. The minimum absolute atomic E-state index is 0.0182. The fourth-order valence-corrected chi connectivity index (χ4v) is 4.05. The molecule has 2 rings (SSSR count). The number of likely N-dealkylation sites (N-methyl/N-ethyl adjacent to an activating group) is 1. The Kier molecular flexibility index (Phi) is 7.54. The van der Waals surface area contributed by atoms with Crippen LogP contribution in [0, 0.1) is 0 Å². The van der Waals surface area contributed by atoms with E-state index in [9.17, 15) is 8.42 Å². The van der Waals surface area contributed by atoms with E-state index in [-0.39, 0.29) is 11.0 Å². The maximum Gasteiger partial charge on any atom is 0.241 e. The van der Waals surface area contributed by atoms with Gasteiger partial charge in [0.05, 0.1) is 27.1 Å². The molecule has 0 heterocycles. The van der Waals surface area contributed by atoms with Crippen LogP contribution in [0.5, 0.6) is 5.75 Å². The molecule has 0 radical (unpaired) electrons. The Hall–Kier alpha value is -1.31. The number of halogens is 2. The van der Waals surface area contributed by atoms with Gasteiger partial charge < -0.3 is 9.64 Å². The first-order valence-corrected chi connectivity index (χ1v) is 10.7. The molecule has 148 valence electrons. The summed E-state index contributed by atoms with van der Waals surface area (Å²) in [6, 6.07) is 11.0. The normalized spacial score (nSPS) is 13.2. The molecule has 0 aliphatic rings. The maximum atomic E-state index is 12.9. The van der Waals surface area contributed by atoms with Gasteiger partial charge in [0.25, 0.3) is 0 Å². The van der Waals surface area contributed by atoms with Gasteiger partial charge in [-0.2, -0.15) is 0 Å². The second kappa shape index (κ2) is 9.26. The van der Waals surface area contributed by atoms with Gasteiger partial charge in [-0.05, 0) is 69.9 Å². The van der Waals surface area contributed by atoms with Crippen molar-refractivity contribution in [3.8, 4) is 5.75 Å². The van der Waals surface area contributed by atoms with Gasteiger partial charge in [-0.15, -0.1) is 0 Å². The van der Waals surface area contributed by atoms with E-state index in [4.69, 9.17) is 27.9 Å². The van der Waals surface area contributed by atoms with Crippen molar-refractivity contribution in [3.05, 3.63) is 58.1 Å². The second-order valence-corrected chi connectivity index (χ2v) is 9.28. The van der Waals surface area contributed by atoms with Crippen LogP contribution in [0.4, 0.5) is 0 Å². The lowest BCUT2D eigenvalue weighted by Gasteiger charge is -2.23. The van der Waals surface area contributed by atoms with Gasteiger partial charge in [0.2, 0.25) is 10.0 Å². The zero-order valence-electron chi connectivity index (χ0n) is 15.7. The van der Waals surface area contributed by atoms with Crippen molar-refractivity contribution in [1.82, 2.24) is 9.62 Å². The van der Waals surface area contributed by atoms with Crippen LogP contribution in [0.2, 0.25) is 10.0 Å². The van der Waals surface area contributed by atoms with Crippen LogP contribution in [0.15, 0.2) is 47.4 Å². The van der Waals surface area contributed by atoms with Crippen LogP contribution >= 0.6 is 23.2 Å². The first-order chi connectivity index (χ1) is 12.6. The topological polar surface area (TPSA) is 58.6 Å². The Morgan fingerprint density at radius 3 is 2.19 bits per heavy atom. The molecule has 0 saturated heterocycles. The van der Waals surface area contributed by atoms with Gasteiger partial charge in [0.15, 0.2) is 0 Å². The number of nitrogens with zero attached hydrogens (tertiary/aromatic N) is 1. The predicted octanol–water partition coefficient (Wildman–Crippen LogP) is 4.36. The third kappa shape index (κ3) is 6.36. The molecule has 27 heavy (non-hydrogen) atoms. The van der Waals surface area contributed by atoms with Crippen LogP contribution in [-0.4, -0.2) is 40.1 Å². The molecule has 0 saturated carbocycles. The molecule has 2 aromatic rings. The fourth-order valence-electron chi connectivity index (χ4n) is 2.53. The highest BCUT2D eigenvalue weighted by molar-refractivity contribution is 7.89. The first kappa shape index (κ1) is 22.0. The average Bonchev–Trinajstić information content (AvgIpc) is 2.56. The van der Waals surface area contributed by atoms with Crippen LogP contribution in [0.25, 0.3) is 0 Å². The largest absolute Gasteiger partial charge is 0.491 e. The second-order valence-electron chi connectivity index (χ2n) is 6.75. The van der Waals surface area contributed by atoms with Crippen molar-refractivity contribution in [2.75, 3.05) is 20.6 Å². The third-order valence-corrected chi connectivity index (χ3v) is 5.92. The predicted molar refractivity (Wildman–Crippen MR) is 110 cm³/mol. The average molecular weight is 431 g/mol. The van der Waals surface area contributed by atoms with E-state index in [1.165, 1.54) is 12.1 Å². The summed E-state index contributed by atoms with van der Waals surface area (Å²) >= 11 is 12.1. The number of hydrogen-bond acceptors (Lipinski definition) is 4. The Balaban J connectivity index is 2.28. The van der Waals surface area contributed by atoms with Crippen molar-refractivity contribution >= 4 is 33.2 Å². The van der Waals surface area contributed by atoms with Gasteiger partial charge in [0.1, 0.15) is 5.75 Å². The lowest BCUT2D eigenvalue weighted by atomic mass is 10.1. The smallest absolute Gasteiger partial charge is 0.241 e. The quantitative estimate of drug-likeness (QED) is 0.675. The monoisotopic (exact) mass is 430 g/mol. The van der Waals surface area contributed by atoms with E-state index in [2.05, 4.69) is 4.72 Å². The Morgan fingerprint density at radius 1 is 1.04 bits per heavy atom. The number of nitrogens with one attached hydrogen (secondary N) is 1. The van der Waals surface area contributed by atoms with Crippen LogP contribution in [-0.2, 0) is 10.0 Å². The van der Waals surface area contributed by atoms with Gasteiger partial charge in [-0.25, -0.2) is 13.1 Å². The molecule has 1 N–H and O–H groups in total. The molecule has 5 nitrogen and oxygen atoms in total. The van der Waals surface area contributed by atoms with Crippen LogP contribution in [0.3, 0.4) is 0 Å². The molecule has 0 spiro atoms. The van der Waals surface area contributed by atoms with E-state index in [0.29, 0.717) is 22.3 Å². The molecule has 0 fully saturated rings. The van der Waals surface area contributed by atoms with Crippen LogP contribution < -0.4 is 9.46 Å². The van der Waals surface area contributed by atoms with E-state index < -0.39 is 16.1 Å². The van der Waals surface area contributed by atoms with Gasteiger partial charge in [-0.3, -0.25) is 0 Å². The summed E-state index contributed by atoms with van der Waals surface area (Å²) in [4.78, 5) is 2.07.